The molecule has 0 aliphatic carbocycles. The Hall–Kier alpha value is -2.03. The zero-order valence-electron chi connectivity index (χ0n) is 12.5. The minimum absolute atomic E-state index is 0.259. The van der Waals surface area contributed by atoms with E-state index in [1.54, 1.807) is 0 Å². The first-order valence-electron chi connectivity index (χ1n) is 7.10. The molecule has 0 unspecified atom stereocenters. The maximum atomic E-state index is 4.35. The van der Waals surface area contributed by atoms with E-state index in [1.807, 2.05) is 0 Å². The Kier molecular flexibility index (Phi) is 2.75. The summed E-state index contributed by atoms with van der Waals surface area (Å²) in [4.78, 5) is 8.92. The highest BCUT2D eigenvalue weighted by molar-refractivity contribution is 5.92. The van der Waals surface area contributed by atoms with Gasteiger partial charge in [-0.2, -0.15) is 0 Å². The lowest BCUT2D eigenvalue weighted by atomic mass is 9.98. The van der Waals surface area contributed by atoms with Crippen molar-refractivity contribution in [2.24, 2.45) is 4.99 Å². The van der Waals surface area contributed by atoms with Gasteiger partial charge in [-0.15, -0.1) is 0 Å². The van der Waals surface area contributed by atoms with Crippen LogP contribution in [0.3, 0.4) is 0 Å². The summed E-state index contributed by atoms with van der Waals surface area (Å²) in [5.74, 6) is 0.975. The van der Waals surface area contributed by atoms with E-state index in [4.69, 9.17) is 0 Å². The van der Waals surface area contributed by atoms with Gasteiger partial charge in [0.25, 0.3) is 0 Å². The number of hydrogen-bond donors (Lipinski definition) is 0. The first-order valence-corrected chi connectivity index (χ1v) is 7.10. The maximum absolute atomic E-state index is 4.35. The van der Waals surface area contributed by atoms with Gasteiger partial charge in [-0.3, -0.25) is 4.90 Å². The average molecular weight is 267 g/mol. The van der Waals surface area contributed by atoms with Crippen LogP contribution in [-0.4, -0.2) is 24.3 Å². The molecule has 1 atom stereocenters. The highest BCUT2D eigenvalue weighted by Crippen LogP contribution is 2.55. The van der Waals surface area contributed by atoms with Crippen molar-refractivity contribution < 1.29 is 0 Å². The van der Waals surface area contributed by atoms with Crippen LogP contribution in [0.25, 0.3) is 5.57 Å². The Morgan fingerprint density at radius 1 is 1.30 bits per heavy atom. The number of fused-ring (bicyclic) bond motifs is 3. The fourth-order valence-corrected chi connectivity index (χ4v) is 3.44. The molecule has 2 heterocycles. The van der Waals surface area contributed by atoms with E-state index in [9.17, 15) is 0 Å². The van der Waals surface area contributed by atoms with Crippen LogP contribution < -0.4 is 4.90 Å². The van der Waals surface area contributed by atoms with Crippen LogP contribution in [0.15, 0.2) is 47.4 Å². The third kappa shape index (κ3) is 1.33. The molecule has 0 aromatic heterocycles. The summed E-state index contributed by atoms with van der Waals surface area (Å²) in [6.07, 6.45) is 2.10. The topological polar surface area (TPSA) is 18.8 Å². The monoisotopic (exact) mass is 267 g/mol. The number of nitrogens with zero attached hydrogens (tertiary/aromatic N) is 3. The van der Waals surface area contributed by atoms with Crippen molar-refractivity contribution in [2.75, 3.05) is 11.9 Å². The van der Waals surface area contributed by atoms with E-state index in [-0.39, 0.29) is 5.66 Å². The van der Waals surface area contributed by atoms with Crippen LogP contribution in [0, 0.1) is 0 Å². The first-order chi connectivity index (χ1) is 9.57. The second kappa shape index (κ2) is 4.23. The van der Waals surface area contributed by atoms with E-state index in [2.05, 4.69) is 73.2 Å². The number of anilines is 1. The standard InChI is InChI=1S/C17H21N3/c1-6-9-15-16(18-4)20-14-11-8-7-10-13(14)12(2)17(20,3)19(15)5/h7-8,10-11H,2,4,6,9H2,1,3,5H3/t17-/m1/s1. The number of aliphatic imine (C=N–C) groups is 1. The van der Waals surface area contributed by atoms with E-state index in [1.165, 1.54) is 16.9 Å². The molecular weight excluding hydrogens is 246 g/mol. The number of allylic oxidation sites excluding steroid dienone is 1. The molecule has 3 heteroatoms. The van der Waals surface area contributed by atoms with E-state index < -0.39 is 0 Å². The molecule has 0 bridgehead atoms. The highest BCUT2D eigenvalue weighted by Gasteiger charge is 2.53. The van der Waals surface area contributed by atoms with Gasteiger partial charge in [0.15, 0.2) is 5.82 Å². The van der Waals surface area contributed by atoms with Gasteiger partial charge in [-0.1, -0.05) is 38.1 Å². The molecular formula is C17H21N3. The molecule has 0 spiro atoms. The maximum Gasteiger partial charge on any atom is 0.154 e. The van der Waals surface area contributed by atoms with Gasteiger partial charge in [0.1, 0.15) is 5.66 Å². The molecule has 3 rings (SSSR count). The summed E-state index contributed by atoms with van der Waals surface area (Å²) in [5, 5.41) is 0. The summed E-state index contributed by atoms with van der Waals surface area (Å²) in [5.41, 5.74) is 4.51. The van der Waals surface area contributed by atoms with Crippen LogP contribution >= 0.6 is 0 Å². The van der Waals surface area contributed by atoms with Crippen molar-refractivity contribution in [3.63, 3.8) is 0 Å². The van der Waals surface area contributed by atoms with Gasteiger partial charge >= 0.3 is 0 Å². The van der Waals surface area contributed by atoms with Gasteiger partial charge in [0, 0.05) is 18.2 Å². The predicted molar refractivity (Wildman–Crippen MR) is 85.6 cm³/mol. The summed E-state index contributed by atoms with van der Waals surface area (Å²) in [7, 11) is 2.13. The Morgan fingerprint density at radius 3 is 2.65 bits per heavy atom. The quantitative estimate of drug-likeness (QED) is 0.775. The van der Waals surface area contributed by atoms with E-state index in [0.717, 1.165) is 24.2 Å². The van der Waals surface area contributed by atoms with E-state index in [0.29, 0.717) is 0 Å². The number of rotatable bonds is 3. The van der Waals surface area contributed by atoms with Crippen molar-refractivity contribution in [1.29, 1.82) is 0 Å². The molecule has 104 valence electrons. The van der Waals surface area contributed by atoms with Gasteiger partial charge < -0.3 is 4.90 Å². The zero-order valence-corrected chi connectivity index (χ0v) is 12.5. The molecule has 1 aromatic carbocycles. The summed E-state index contributed by atoms with van der Waals surface area (Å²) in [6, 6.07) is 8.40. The third-order valence-electron chi connectivity index (χ3n) is 4.64. The summed E-state index contributed by atoms with van der Waals surface area (Å²) < 4.78 is 0. The Morgan fingerprint density at radius 2 is 2.00 bits per heavy atom. The van der Waals surface area contributed by atoms with Crippen LogP contribution in [0.2, 0.25) is 0 Å². The fraction of sp³-hybridized carbons (Fsp3) is 0.353. The van der Waals surface area contributed by atoms with Crippen molar-refractivity contribution in [1.82, 2.24) is 4.90 Å². The van der Waals surface area contributed by atoms with Crippen molar-refractivity contribution in [3.8, 4) is 0 Å². The zero-order chi connectivity index (χ0) is 14.5. The molecule has 1 aromatic rings. The smallest absolute Gasteiger partial charge is 0.154 e. The van der Waals surface area contributed by atoms with Crippen molar-refractivity contribution in [3.05, 3.63) is 47.9 Å². The number of benzene rings is 1. The Bertz CT molecular complexity index is 629. The van der Waals surface area contributed by atoms with Crippen LogP contribution in [0.5, 0.6) is 0 Å². The fourth-order valence-electron chi connectivity index (χ4n) is 3.44. The molecule has 20 heavy (non-hydrogen) atoms. The van der Waals surface area contributed by atoms with Crippen LogP contribution in [-0.2, 0) is 0 Å². The Labute approximate surface area is 120 Å². The van der Waals surface area contributed by atoms with E-state index >= 15 is 0 Å². The highest BCUT2D eigenvalue weighted by atomic mass is 15.5. The molecule has 3 nitrogen and oxygen atoms in total. The molecule has 0 fully saturated rings. The molecule has 0 radical (unpaired) electrons. The average Bonchev–Trinajstić information content (AvgIpc) is 2.82. The normalized spacial score (nSPS) is 24.2. The molecule has 0 N–H and O–H groups in total. The van der Waals surface area contributed by atoms with Crippen LogP contribution in [0.4, 0.5) is 5.69 Å². The molecule has 0 saturated carbocycles. The lowest BCUT2D eigenvalue weighted by molar-refractivity contribution is 0.280. The minimum Gasteiger partial charge on any atom is -0.348 e. The van der Waals surface area contributed by atoms with Crippen molar-refractivity contribution in [2.45, 2.75) is 32.4 Å². The number of para-hydroxylation sites is 1. The van der Waals surface area contributed by atoms with Gasteiger partial charge in [0.05, 0.1) is 11.4 Å². The Balaban J connectivity index is 2.24. The van der Waals surface area contributed by atoms with Gasteiger partial charge in [-0.25, -0.2) is 4.99 Å². The van der Waals surface area contributed by atoms with Gasteiger partial charge in [-0.05, 0) is 26.1 Å². The molecule has 2 aliphatic heterocycles. The predicted octanol–water partition coefficient (Wildman–Crippen LogP) is 3.85. The number of likely N-dealkylation sites (N-methyl/N-ethyl adjacent to an activating group) is 1. The first kappa shape index (κ1) is 13.0. The summed E-state index contributed by atoms with van der Waals surface area (Å²) >= 11 is 0. The van der Waals surface area contributed by atoms with Crippen LogP contribution in [0.1, 0.15) is 32.3 Å². The molecule has 2 aliphatic rings. The molecule has 0 amide bonds. The lowest BCUT2D eigenvalue weighted by Gasteiger charge is -2.38. The van der Waals surface area contributed by atoms with Gasteiger partial charge in [0.2, 0.25) is 0 Å². The largest absolute Gasteiger partial charge is 0.348 e. The molecule has 0 saturated heterocycles. The summed E-state index contributed by atoms with van der Waals surface area (Å²) in [6.45, 7) is 12.5. The number of hydrogen-bond acceptors (Lipinski definition) is 3. The lowest BCUT2D eigenvalue weighted by Crippen LogP contribution is -2.48. The van der Waals surface area contributed by atoms with Crippen molar-refractivity contribution >= 4 is 18.0 Å². The third-order valence-corrected chi connectivity index (χ3v) is 4.64. The second-order valence-electron chi connectivity index (χ2n) is 5.59. The second-order valence-corrected chi connectivity index (χ2v) is 5.59. The minimum atomic E-state index is -0.259. The SMILES string of the molecule is C=NC1=C(CCC)N(C)[C@@]2(C)C(=C)c3ccccc3N12.